The van der Waals surface area contributed by atoms with Gasteiger partial charge in [-0.1, -0.05) is 17.7 Å². The van der Waals surface area contributed by atoms with Crippen molar-refractivity contribution in [3.05, 3.63) is 23.4 Å². The summed E-state index contributed by atoms with van der Waals surface area (Å²) in [6.07, 6.45) is 0. The Hall–Kier alpha value is -0.800. The van der Waals surface area contributed by atoms with Crippen LogP contribution >= 0.6 is 11.6 Å². The van der Waals surface area contributed by atoms with Crippen LogP contribution in [-0.4, -0.2) is 42.1 Å². The molecule has 0 N–H and O–H groups in total. The molecule has 4 heteroatoms. The summed E-state index contributed by atoms with van der Waals surface area (Å²) in [6, 6.07) is 5.79. The van der Waals surface area contributed by atoms with Gasteiger partial charge in [0.2, 0.25) is 0 Å². The molecule has 1 saturated heterocycles. The highest BCUT2D eigenvalue weighted by Crippen LogP contribution is 2.23. The molecule has 0 atom stereocenters. The number of hydrogen-bond acceptors (Lipinski definition) is 3. The third kappa shape index (κ3) is 2.30. The first-order valence-corrected chi connectivity index (χ1v) is 5.95. The van der Waals surface area contributed by atoms with E-state index in [-0.39, 0.29) is 5.54 Å². The van der Waals surface area contributed by atoms with Crippen molar-refractivity contribution < 1.29 is 0 Å². The third-order valence-electron chi connectivity index (χ3n) is 3.34. The Kier molecular flexibility index (Phi) is 3.08. The Morgan fingerprint density at radius 3 is 2.69 bits per heavy atom. The van der Waals surface area contributed by atoms with Crippen LogP contribution in [0.5, 0.6) is 0 Å². The second-order valence-electron chi connectivity index (χ2n) is 4.97. The van der Waals surface area contributed by atoms with Gasteiger partial charge in [0.15, 0.2) is 0 Å². The van der Waals surface area contributed by atoms with Crippen molar-refractivity contribution in [2.45, 2.75) is 19.4 Å². The van der Waals surface area contributed by atoms with Gasteiger partial charge in [0.05, 0.1) is 0 Å². The predicted octanol–water partition coefficient (Wildman–Crippen LogP) is 2.27. The summed E-state index contributed by atoms with van der Waals surface area (Å²) < 4.78 is 0. The van der Waals surface area contributed by atoms with Crippen molar-refractivity contribution in [2.75, 3.05) is 31.6 Å². The van der Waals surface area contributed by atoms with Gasteiger partial charge in [-0.3, -0.25) is 4.90 Å². The molecule has 0 aromatic carbocycles. The molecule has 88 valence electrons. The fourth-order valence-corrected chi connectivity index (χ4v) is 2.17. The van der Waals surface area contributed by atoms with E-state index in [1.807, 2.05) is 18.2 Å². The van der Waals surface area contributed by atoms with Gasteiger partial charge in [-0.15, -0.1) is 0 Å². The molecule has 3 nitrogen and oxygen atoms in total. The van der Waals surface area contributed by atoms with E-state index < -0.39 is 0 Å². The summed E-state index contributed by atoms with van der Waals surface area (Å²) in [5, 5.41) is 0.564. The molecular formula is C12H18ClN3. The quantitative estimate of drug-likeness (QED) is 0.701. The van der Waals surface area contributed by atoms with Crippen LogP contribution in [0.4, 0.5) is 5.82 Å². The number of likely N-dealkylation sites (N-methyl/N-ethyl adjacent to an activating group) is 1. The van der Waals surface area contributed by atoms with E-state index in [2.05, 4.69) is 35.7 Å². The highest BCUT2D eigenvalue weighted by Gasteiger charge is 2.31. The zero-order chi connectivity index (χ0) is 11.8. The molecule has 1 aliphatic heterocycles. The lowest BCUT2D eigenvalue weighted by Gasteiger charge is -2.45. The van der Waals surface area contributed by atoms with Crippen LogP contribution in [0, 0.1) is 0 Å². The van der Waals surface area contributed by atoms with Gasteiger partial charge in [-0.2, -0.15) is 0 Å². The van der Waals surface area contributed by atoms with Crippen LogP contribution < -0.4 is 4.90 Å². The second-order valence-corrected chi connectivity index (χ2v) is 5.36. The van der Waals surface area contributed by atoms with E-state index in [4.69, 9.17) is 11.6 Å². The molecule has 0 bridgehead atoms. The molecular weight excluding hydrogens is 222 g/mol. The van der Waals surface area contributed by atoms with Gasteiger partial charge >= 0.3 is 0 Å². The average Bonchev–Trinajstić information content (AvgIpc) is 2.22. The molecule has 1 aromatic heterocycles. The lowest BCUT2D eigenvalue weighted by molar-refractivity contribution is 0.138. The maximum atomic E-state index is 5.92. The minimum absolute atomic E-state index is 0.183. The third-order valence-corrected chi connectivity index (χ3v) is 3.55. The molecule has 2 rings (SSSR count). The smallest absolute Gasteiger partial charge is 0.131 e. The van der Waals surface area contributed by atoms with Crippen molar-refractivity contribution in [1.82, 2.24) is 9.88 Å². The zero-order valence-electron chi connectivity index (χ0n) is 10.1. The summed E-state index contributed by atoms with van der Waals surface area (Å²) in [5.41, 5.74) is 0.183. The van der Waals surface area contributed by atoms with E-state index in [9.17, 15) is 0 Å². The van der Waals surface area contributed by atoms with Crippen molar-refractivity contribution in [3.8, 4) is 0 Å². The number of nitrogens with zero attached hydrogens (tertiary/aromatic N) is 3. The molecule has 0 amide bonds. The van der Waals surface area contributed by atoms with Crippen molar-refractivity contribution in [3.63, 3.8) is 0 Å². The average molecular weight is 240 g/mol. The molecule has 1 aliphatic rings. The molecule has 0 aliphatic carbocycles. The van der Waals surface area contributed by atoms with Crippen LogP contribution in [0.3, 0.4) is 0 Å². The van der Waals surface area contributed by atoms with E-state index in [0.29, 0.717) is 5.15 Å². The Balaban J connectivity index is 2.18. The fourth-order valence-electron chi connectivity index (χ4n) is 2.01. The lowest BCUT2D eigenvalue weighted by Crippen LogP contribution is -2.57. The van der Waals surface area contributed by atoms with Crippen molar-refractivity contribution in [1.29, 1.82) is 0 Å². The summed E-state index contributed by atoms with van der Waals surface area (Å²) >= 11 is 5.92. The summed E-state index contributed by atoms with van der Waals surface area (Å²) in [7, 11) is 2.17. The maximum Gasteiger partial charge on any atom is 0.131 e. The molecule has 0 unspecified atom stereocenters. The van der Waals surface area contributed by atoms with Crippen LogP contribution in [0.25, 0.3) is 0 Å². The van der Waals surface area contributed by atoms with Crippen LogP contribution in [0.15, 0.2) is 18.2 Å². The minimum atomic E-state index is 0.183. The molecule has 0 spiro atoms. The number of rotatable bonds is 1. The Morgan fingerprint density at radius 2 is 2.06 bits per heavy atom. The predicted molar refractivity (Wildman–Crippen MR) is 68.2 cm³/mol. The van der Waals surface area contributed by atoms with E-state index in [1.165, 1.54) is 0 Å². The van der Waals surface area contributed by atoms with Gasteiger partial charge in [-0.25, -0.2) is 4.98 Å². The Labute approximate surface area is 102 Å². The highest BCUT2D eigenvalue weighted by atomic mass is 35.5. The number of halogens is 1. The molecule has 1 aromatic rings. The van der Waals surface area contributed by atoms with Gasteiger partial charge in [0.1, 0.15) is 11.0 Å². The van der Waals surface area contributed by atoms with Gasteiger partial charge in [0, 0.05) is 25.2 Å². The largest absolute Gasteiger partial charge is 0.353 e. The molecule has 0 radical (unpaired) electrons. The van der Waals surface area contributed by atoms with E-state index >= 15 is 0 Å². The molecule has 2 heterocycles. The van der Waals surface area contributed by atoms with E-state index in [1.54, 1.807) is 0 Å². The van der Waals surface area contributed by atoms with Gasteiger partial charge < -0.3 is 4.90 Å². The first kappa shape index (κ1) is 11.7. The summed E-state index contributed by atoms with van der Waals surface area (Å²) in [4.78, 5) is 9.04. The number of aromatic nitrogens is 1. The van der Waals surface area contributed by atoms with Crippen molar-refractivity contribution in [2.24, 2.45) is 0 Å². The lowest BCUT2D eigenvalue weighted by atomic mass is 10.00. The topological polar surface area (TPSA) is 19.4 Å². The minimum Gasteiger partial charge on any atom is -0.353 e. The normalized spacial score (nSPS) is 21.1. The maximum absolute atomic E-state index is 5.92. The SMILES string of the molecule is CN1CCN(c2cccc(Cl)n2)CC1(C)C. The first-order chi connectivity index (χ1) is 7.49. The van der Waals surface area contributed by atoms with Crippen LogP contribution in [0.2, 0.25) is 5.15 Å². The summed E-state index contributed by atoms with van der Waals surface area (Å²) in [5.74, 6) is 0.980. The molecule has 0 saturated carbocycles. The number of anilines is 1. The second kappa shape index (κ2) is 4.22. The summed E-state index contributed by atoms with van der Waals surface area (Å²) in [6.45, 7) is 7.55. The van der Waals surface area contributed by atoms with Crippen molar-refractivity contribution >= 4 is 17.4 Å². The Bertz CT molecular complexity index is 378. The van der Waals surface area contributed by atoms with Gasteiger partial charge in [-0.05, 0) is 33.0 Å². The fraction of sp³-hybridized carbons (Fsp3) is 0.583. The number of hydrogen-bond donors (Lipinski definition) is 0. The number of pyridine rings is 1. The zero-order valence-corrected chi connectivity index (χ0v) is 10.8. The molecule has 1 fully saturated rings. The van der Waals surface area contributed by atoms with Crippen LogP contribution in [-0.2, 0) is 0 Å². The molecule has 16 heavy (non-hydrogen) atoms. The standard InChI is InChI=1S/C12H18ClN3/c1-12(2)9-16(8-7-15(12)3)11-6-4-5-10(13)14-11/h4-6H,7-9H2,1-3H3. The highest BCUT2D eigenvalue weighted by molar-refractivity contribution is 6.29. The first-order valence-electron chi connectivity index (χ1n) is 5.58. The van der Waals surface area contributed by atoms with Gasteiger partial charge in [0.25, 0.3) is 0 Å². The van der Waals surface area contributed by atoms with E-state index in [0.717, 1.165) is 25.5 Å². The monoisotopic (exact) mass is 239 g/mol. The Morgan fingerprint density at radius 1 is 1.31 bits per heavy atom. The number of piperazine rings is 1. The van der Waals surface area contributed by atoms with Crippen LogP contribution in [0.1, 0.15) is 13.8 Å².